The summed E-state index contributed by atoms with van der Waals surface area (Å²) in [6.07, 6.45) is 2.63. The molecule has 20 heavy (non-hydrogen) atoms. The van der Waals surface area contributed by atoms with E-state index in [2.05, 4.69) is 56.1 Å². The number of hydrogen-bond donors (Lipinski definition) is 1. The fraction of sp³-hybridized carbons (Fsp3) is 0.647. The van der Waals surface area contributed by atoms with E-state index in [1.54, 1.807) is 0 Å². The fourth-order valence-electron chi connectivity index (χ4n) is 2.28. The SMILES string of the molecule is CCCCN(CC)c1ccc(CNC)cc1OC(C)C. The van der Waals surface area contributed by atoms with Gasteiger partial charge < -0.3 is 15.0 Å². The number of benzene rings is 1. The highest BCUT2D eigenvalue weighted by atomic mass is 16.5. The summed E-state index contributed by atoms with van der Waals surface area (Å²) in [6.45, 7) is 11.6. The average Bonchev–Trinajstić information content (AvgIpc) is 2.41. The molecule has 3 nitrogen and oxygen atoms in total. The third-order valence-corrected chi connectivity index (χ3v) is 3.27. The number of unbranched alkanes of at least 4 members (excludes halogenated alkanes) is 1. The van der Waals surface area contributed by atoms with Crippen LogP contribution in [-0.2, 0) is 6.54 Å². The first kappa shape index (κ1) is 16.8. The Bertz CT molecular complexity index is 391. The van der Waals surface area contributed by atoms with Crippen molar-refractivity contribution in [2.75, 3.05) is 25.0 Å². The summed E-state index contributed by atoms with van der Waals surface area (Å²) in [6, 6.07) is 6.55. The number of ether oxygens (including phenoxy) is 1. The molecule has 1 aromatic carbocycles. The maximum Gasteiger partial charge on any atom is 0.143 e. The molecular formula is C17H30N2O. The lowest BCUT2D eigenvalue weighted by Crippen LogP contribution is -2.25. The fourth-order valence-corrected chi connectivity index (χ4v) is 2.28. The predicted octanol–water partition coefficient (Wildman–Crippen LogP) is 3.82. The molecule has 0 bridgehead atoms. The number of hydrogen-bond acceptors (Lipinski definition) is 3. The summed E-state index contributed by atoms with van der Waals surface area (Å²) in [5.41, 5.74) is 2.48. The van der Waals surface area contributed by atoms with Gasteiger partial charge in [0.15, 0.2) is 0 Å². The maximum absolute atomic E-state index is 6.03. The highest BCUT2D eigenvalue weighted by molar-refractivity contribution is 5.60. The number of nitrogens with one attached hydrogen (secondary N) is 1. The van der Waals surface area contributed by atoms with E-state index in [-0.39, 0.29) is 6.10 Å². The molecule has 1 rings (SSSR count). The van der Waals surface area contributed by atoms with Gasteiger partial charge in [0.1, 0.15) is 5.75 Å². The van der Waals surface area contributed by atoms with Crippen molar-refractivity contribution in [2.24, 2.45) is 0 Å². The predicted molar refractivity (Wildman–Crippen MR) is 87.8 cm³/mol. The van der Waals surface area contributed by atoms with Gasteiger partial charge >= 0.3 is 0 Å². The van der Waals surface area contributed by atoms with Crippen LogP contribution in [0.2, 0.25) is 0 Å². The zero-order valence-electron chi connectivity index (χ0n) is 13.7. The molecule has 0 saturated carbocycles. The molecule has 0 aliphatic carbocycles. The van der Waals surface area contributed by atoms with Crippen molar-refractivity contribution < 1.29 is 4.74 Å². The molecule has 0 amide bonds. The van der Waals surface area contributed by atoms with Crippen LogP contribution in [0.25, 0.3) is 0 Å². The van der Waals surface area contributed by atoms with E-state index in [0.717, 1.165) is 25.4 Å². The van der Waals surface area contributed by atoms with E-state index in [9.17, 15) is 0 Å². The molecule has 114 valence electrons. The summed E-state index contributed by atoms with van der Waals surface area (Å²) in [5, 5.41) is 3.19. The van der Waals surface area contributed by atoms with E-state index in [1.807, 2.05) is 7.05 Å². The van der Waals surface area contributed by atoms with E-state index in [1.165, 1.54) is 24.1 Å². The van der Waals surface area contributed by atoms with Crippen molar-refractivity contribution in [1.82, 2.24) is 5.32 Å². The molecule has 3 heteroatoms. The molecule has 0 unspecified atom stereocenters. The summed E-state index contributed by atoms with van der Waals surface area (Å²) in [4.78, 5) is 2.41. The van der Waals surface area contributed by atoms with Crippen LogP contribution >= 0.6 is 0 Å². The van der Waals surface area contributed by atoms with Crippen molar-refractivity contribution in [3.63, 3.8) is 0 Å². The molecule has 0 fully saturated rings. The average molecular weight is 278 g/mol. The van der Waals surface area contributed by atoms with Crippen molar-refractivity contribution in [3.05, 3.63) is 23.8 Å². The molecular weight excluding hydrogens is 248 g/mol. The van der Waals surface area contributed by atoms with Crippen LogP contribution in [0.3, 0.4) is 0 Å². The Labute approximate surface area is 124 Å². The zero-order valence-corrected chi connectivity index (χ0v) is 13.7. The smallest absolute Gasteiger partial charge is 0.143 e. The third-order valence-electron chi connectivity index (χ3n) is 3.27. The lowest BCUT2D eigenvalue weighted by Gasteiger charge is -2.26. The highest BCUT2D eigenvalue weighted by Crippen LogP contribution is 2.30. The van der Waals surface area contributed by atoms with Gasteiger partial charge in [-0.2, -0.15) is 0 Å². The molecule has 0 radical (unpaired) electrons. The van der Waals surface area contributed by atoms with Gasteiger partial charge in [-0.25, -0.2) is 0 Å². The van der Waals surface area contributed by atoms with E-state index in [0.29, 0.717) is 0 Å². The topological polar surface area (TPSA) is 24.5 Å². The molecule has 0 saturated heterocycles. The van der Waals surface area contributed by atoms with Crippen LogP contribution in [-0.4, -0.2) is 26.2 Å². The first-order valence-electron chi connectivity index (χ1n) is 7.81. The standard InChI is InChI=1S/C17H30N2O/c1-6-8-11-19(7-2)16-10-9-15(13-18-5)12-17(16)20-14(3)4/h9-10,12,14,18H,6-8,11,13H2,1-5H3. The Kier molecular flexibility index (Phi) is 7.45. The van der Waals surface area contributed by atoms with Gasteiger partial charge in [-0.05, 0) is 51.9 Å². The van der Waals surface area contributed by atoms with Gasteiger partial charge in [-0.1, -0.05) is 19.4 Å². The summed E-state index contributed by atoms with van der Waals surface area (Å²) in [7, 11) is 1.97. The van der Waals surface area contributed by atoms with Gasteiger partial charge in [-0.3, -0.25) is 0 Å². The Morgan fingerprint density at radius 3 is 2.55 bits per heavy atom. The monoisotopic (exact) mass is 278 g/mol. The third kappa shape index (κ3) is 5.04. The van der Waals surface area contributed by atoms with E-state index < -0.39 is 0 Å². The first-order valence-corrected chi connectivity index (χ1v) is 7.81. The normalized spacial score (nSPS) is 10.9. The van der Waals surface area contributed by atoms with Crippen LogP contribution in [0, 0.1) is 0 Å². The molecule has 0 atom stereocenters. The number of nitrogens with zero attached hydrogens (tertiary/aromatic N) is 1. The van der Waals surface area contributed by atoms with Crippen LogP contribution in [0.15, 0.2) is 18.2 Å². The minimum atomic E-state index is 0.198. The Hall–Kier alpha value is -1.22. The first-order chi connectivity index (χ1) is 9.62. The Morgan fingerprint density at radius 2 is 2.00 bits per heavy atom. The van der Waals surface area contributed by atoms with Crippen molar-refractivity contribution in [2.45, 2.75) is 53.2 Å². The number of anilines is 1. The molecule has 1 N–H and O–H groups in total. The molecule has 0 aliphatic rings. The second-order valence-electron chi connectivity index (χ2n) is 5.43. The Balaban J connectivity index is 3.01. The lowest BCUT2D eigenvalue weighted by molar-refractivity contribution is 0.242. The number of rotatable bonds is 9. The van der Waals surface area contributed by atoms with Crippen LogP contribution in [0.1, 0.15) is 46.1 Å². The van der Waals surface area contributed by atoms with Crippen LogP contribution in [0.5, 0.6) is 5.75 Å². The van der Waals surface area contributed by atoms with Crippen LogP contribution in [0.4, 0.5) is 5.69 Å². The maximum atomic E-state index is 6.03. The highest BCUT2D eigenvalue weighted by Gasteiger charge is 2.12. The summed E-state index contributed by atoms with van der Waals surface area (Å²) < 4.78 is 6.03. The van der Waals surface area contributed by atoms with E-state index in [4.69, 9.17) is 4.74 Å². The minimum absolute atomic E-state index is 0.198. The molecule has 0 heterocycles. The minimum Gasteiger partial charge on any atom is -0.489 e. The summed E-state index contributed by atoms with van der Waals surface area (Å²) in [5.74, 6) is 1.01. The largest absolute Gasteiger partial charge is 0.489 e. The molecule has 0 aliphatic heterocycles. The lowest BCUT2D eigenvalue weighted by atomic mass is 10.1. The van der Waals surface area contributed by atoms with Crippen molar-refractivity contribution in [3.8, 4) is 5.75 Å². The van der Waals surface area contributed by atoms with Gasteiger partial charge in [0.2, 0.25) is 0 Å². The second-order valence-corrected chi connectivity index (χ2v) is 5.43. The molecule has 0 aromatic heterocycles. The van der Waals surface area contributed by atoms with Crippen molar-refractivity contribution >= 4 is 5.69 Å². The quantitative estimate of drug-likeness (QED) is 0.743. The van der Waals surface area contributed by atoms with Gasteiger partial charge in [-0.15, -0.1) is 0 Å². The summed E-state index contributed by atoms with van der Waals surface area (Å²) >= 11 is 0. The van der Waals surface area contributed by atoms with Gasteiger partial charge in [0, 0.05) is 19.6 Å². The van der Waals surface area contributed by atoms with Crippen molar-refractivity contribution in [1.29, 1.82) is 0 Å². The Morgan fingerprint density at radius 1 is 1.25 bits per heavy atom. The zero-order chi connectivity index (χ0) is 15.0. The molecule has 1 aromatic rings. The second kappa shape index (κ2) is 8.85. The van der Waals surface area contributed by atoms with E-state index >= 15 is 0 Å². The van der Waals surface area contributed by atoms with Crippen LogP contribution < -0.4 is 15.0 Å². The molecule has 0 spiro atoms. The van der Waals surface area contributed by atoms with Gasteiger partial charge in [0.25, 0.3) is 0 Å². The van der Waals surface area contributed by atoms with Gasteiger partial charge in [0.05, 0.1) is 11.8 Å².